The second-order valence-electron chi connectivity index (χ2n) is 6.41. The van der Waals surface area contributed by atoms with Crippen LogP contribution in [-0.2, 0) is 0 Å². The summed E-state index contributed by atoms with van der Waals surface area (Å²) >= 11 is 5.51. The van der Waals surface area contributed by atoms with E-state index in [0.717, 1.165) is 11.4 Å². The molecular formula is C23H16N2S. The van der Waals surface area contributed by atoms with Gasteiger partial charge in [-0.15, -0.1) is 0 Å². The Labute approximate surface area is 156 Å². The van der Waals surface area contributed by atoms with Gasteiger partial charge in [0.2, 0.25) is 0 Å². The molecular weight excluding hydrogens is 336 g/mol. The molecule has 0 aromatic heterocycles. The summed E-state index contributed by atoms with van der Waals surface area (Å²) < 4.78 is 0. The maximum Gasteiger partial charge on any atom is 0.175 e. The van der Waals surface area contributed by atoms with E-state index in [2.05, 4.69) is 65.2 Å². The Kier molecular flexibility index (Phi) is 3.47. The average molecular weight is 352 g/mol. The predicted octanol–water partition coefficient (Wildman–Crippen LogP) is 6.39. The van der Waals surface area contributed by atoms with Gasteiger partial charge in [-0.2, -0.15) is 0 Å². The molecule has 0 unspecified atom stereocenters. The number of thiocarbonyl (C=S) groups is 1. The van der Waals surface area contributed by atoms with Crippen LogP contribution in [0.15, 0.2) is 84.9 Å². The lowest BCUT2D eigenvalue weighted by Crippen LogP contribution is -2.19. The highest BCUT2D eigenvalue weighted by atomic mass is 32.1. The summed E-state index contributed by atoms with van der Waals surface area (Å²) in [6, 6.07) is 29.4. The molecule has 0 saturated carbocycles. The maximum absolute atomic E-state index is 5.51. The van der Waals surface area contributed by atoms with E-state index in [1.165, 1.54) is 32.3 Å². The molecule has 0 aliphatic heterocycles. The van der Waals surface area contributed by atoms with Gasteiger partial charge in [-0.3, -0.25) is 0 Å². The summed E-state index contributed by atoms with van der Waals surface area (Å²) in [4.78, 5) is 0. The Morgan fingerprint density at radius 1 is 0.577 bits per heavy atom. The molecule has 0 fully saturated rings. The van der Waals surface area contributed by atoms with Gasteiger partial charge < -0.3 is 10.6 Å². The molecule has 5 aromatic carbocycles. The van der Waals surface area contributed by atoms with E-state index in [0.29, 0.717) is 5.11 Å². The monoisotopic (exact) mass is 352 g/mol. The molecule has 124 valence electrons. The fourth-order valence-electron chi connectivity index (χ4n) is 3.65. The van der Waals surface area contributed by atoms with Crippen molar-refractivity contribution in [2.75, 3.05) is 10.6 Å². The minimum absolute atomic E-state index is 0.589. The molecule has 26 heavy (non-hydrogen) atoms. The average Bonchev–Trinajstić information content (AvgIpc) is 2.68. The molecule has 2 nitrogen and oxygen atoms in total. The first-order chi connectivity index (χ1) is 12.8. The van der Waals surface area contributed by atoms with E-state index in [1.807, 2.05) is 30.3 Å². The van der Waals surface area contributed by atoms with Gasteiger partial charge >= 0.3 is 0 Å². The second-order valence-corrected chi connectivity index (χ2v) is 6.82. The molecule has 0 aliphatic carbocycles. The third kappa shape index (κ3) is 2.45. The van der Waals surface area contributed by atoms with Gasteiger partial charge in [0.05, 0.1) is 0 Å². The third-order valence-electron chi connectivity index (χ3n) is 4.81. The highest BCUT2D eigenvalue weighted by Gasteiger charge is 2.11. The number of benzene rings is 5. The summed E-state index contributed by atoms with van der Waals surface area (Å²) in [5.74, 6) is 0. The smallest absolute Gasteiger partial charge is 0.175 e. The Hall–Kier alpha value is -3.17. The van der Waals surface area contributed by atoms with Crippen molar-refractivity contribution in [3.63, 3.8) is 0 Å². The van der Waals surface area contributed by atoms with Crippen molar-refractivity contribution in [1.29, 1.82) is 0 Å². The summed E-state index contributed by atoms with van der Waals surface area (Å²) in [6.07, 6.45) is 0. The lowest BCUT2D eigenvalue weighted by Gasteiger charge is -2.16. The first-order valence-electron chi connectivity index (χ1n) is 8.59. The molecule has 0 radical (unpaired) electrons. The lowest BCUT2D eigenvalue weighted by atomic mass is 9.93. The zero-order valence-electron chi connectivity index (χ0n) is 14.0. The summed E-state index contributed by atoms with van der Waals surface area (Å²) in [5, 5.41) is 14.8. The van der Waals surface area contributed by atoms with Crippen LogP contribution in [-0.4, -0.2) is 5.11 Å². The van der Waals surface area contributed by atoms with Crippen molar-refractivity contribution >= 4 is 61.0 Å². The standard InChI is InChI=1S/C23H16N2S/c26-23(24-18-7-2-1-3-8-18)25-20-14-12-17-10-9-15-5-4-6-16-11-13-19(20)22(17)21(15)16/h1-14H,(H2,24,25,26). The Morgan fingerprint density at radius 3 is 2.00 bits per heavy atom. The number of nitrogens with one attached hydrogen (secondary N) is 2. The van der Waals surface area contributed by atoms with Crippen LogP contribution in [0.1, 0.15) is 0 Å². The molecule has 5 rings (SSSR count). The van der Waals surface area contributed by atoms with Crippen molar-refractivity contribution in [3.8, 4) is 0 Å². The maximum atomic E-state index is 5.51. The van der Waals surface area contributed by atoms with Crippen LogP contribution >= 0.6 is 12.2 Å². The predicted molar refractivity (Wildman–Crippen MR) is 116 cm³/mol. The highest BCUT2D eigenvalue weighted by Crippen LogP contribution is 2.37. The largest absolute Gasteiger partial charge is 0.332 e. The van der Waals surface area contributed by atoms with E-state index >= 15 is 0 Å². The minimum Gasteiger partial charge on any atom is -0.332 e. The normalized spacial score (nSPS) is 11.2. The molecule has 5 aromatic rings. The SMILES string of the molecule is S=C(Nc1ccccc1)Nc1ccc2ccc3cccc4ccc1c2c34. The van der Waals surface area contributed by atoms with Gasteiger partial charge in [0.15, 0.2) is 5.11 Å². The molecule has 0 saturated heterocycles. The van der Waals surface area contributed by atoms with E-state index < -0.39 is 0 Å². The third-order valence-corrected chi connectivity index (χ3v) is 5.01. The number of anilines is 2. The molecule has 3 heteroatoms. The zero-order valence-corrected chi connectivity index (χ0v) is 14.8. The Balaban J connectivity index is 1.61. The van der Waals surface area contributed by atoms with Gasteiger partial charge in [-0.1, -0.05) is 66.7 Å². The van der Waals surface area contributed by atoms with Crippen LogP contribution in [0.2, 0.25) is 0 Å². The summed E-state index contributed by atoms with van der Waals surface area (Å²) in [5.41, 5.74) is 1.99. The van der Waals surface area contributed by atoms with Crippen molar-refractivity contribution in [2.45, 2.75) is 0 Å². The van der Waals surface area contributed by atoms with Crippen LogP contribution in [0.25, 0.3) is 32.3 Å². The van der Waals surface area contributed by atoms with Crippen molar-refractivity contribution in [2.24, 2.45) is 0 Å². The topological polar surface area (TPSA) is 24.1 Å². The Morgan fingerprint density at radius 2 is 1.23 bits per heavy atom. The molecule has 0 amide bonds. The minimum atomic E-state index is 0.589. The highest BCUT2D eigenvalue weighted by molar-refractivity contribution is 7.80. The molecule has 0 aliphatic rings. The number of hydrogen-bond donors (Lipinski definition) is 2. The zero-order chi connectivity index (χ0) is 17.5. The molecule has 0 spiro atoms. The number of rotatable bonds is 2. The van der Waals surface area contributed by atoms with Crippen molar-refractivity contribution < 1.29 is 0 Å². The molecule has 0 atom stereocenters. The second kappa shape index (κ2) is 5.97. The fourth-order valence-corrected chi connectivity index (χ4v) is 3.88. The first kappa shape index (κ1) is 15.1. The summed E-state index contributed by atoms with van der Waals surface area (Å²) in [7, 11) is 0. The molecule has 2 N–H and O–H groups in total. The van der Waals surface area contributed by atoms with Crippen molar-refractivity contribution in [1.82, 2.24) is 0 Å². The van der Waals surface area contributed by atoms with Crippen molar-refractivity contribution in [3.05, 3.63) is 84.9 Å². The van der Waals surface area contributed by atoms with Gasteiger partial charge in [0.1, 0.15) is 0 Å². The fraction of sp³-hybridized carbons (Fsp3) is 0. The van der Waals surface area contributed by atoms with Crippen LogP contribution < -0.4 is 10.6 Å². The van der Waals surface area contributed by atoms with Crippen LogP contribution in [0.3, 0.4) is 0 Å². The number of hydrogen-bond acceptors (Lipinski definition) is 1. The van der Waals surface area contributed by atoms with E-state index in [1.54, 1.807) is 0 Å². The van der Waals surface area contributed by atoms with Crippen LogP contribution in [0.4, 0.5) is 11.4 Å². The first-order valence-corrected chi connectivity index (χ1v) is 9.00. The molecule has 0 bridgehead atoms. The molecule has 0 heterocycles. The lowest BCUT2D eigenvalue weighted by molar-refractivity contribution is 1.62. The van der Waals surface area contributed by atoms with Crippen LogP contribution in [0.5, 0.6) is 0 Å². The quantitative estimate of drug-likeness (QED) is 0.284. The summed E-state index contributed by atoms with van der Waals surface area (Å²) in [6.45, 7) is 0. The number of para-hydroxylation sites is 1. The van der Waals surface area contributed by atoms with Gasteiger partial charge in [-0.05, 0) is 57.3 Å². The Bertz CT molecular complexity index is 1230. The van der Waals surface area contributed by atoms with E-state index in [9.17, 15) is 0 Å². The van der Waals surface area contributed by atoms with Gasteiger partial charge in [0, 0.05) is 16.8 Å². The van der Waals surface area contributed by atoms with Crippen LogP contribution in [0, 0.1) is 0 Å². The van der Waals surface area contributed by atoms with E-state index in [-0.39, 0.29) is 0 Å². The van der Waals surface area contributed by atoms with Gasteiger partial charge in [0.25, 0.3) is 0 Å². The van der Waals surface area contributed by atoms with E-state index in [4.69, 9.17) is 12.2 Å². The van der Waals surface area contributed by atoms with Gasteiger partial charge in [-0.25, -0.2) is 0 Å².